The van der Waals surface area contributed by atoms with Gasteiger partial charge in [-0.25, -0.2) is 5.06 Å². The Morgan fingerprint density at radius 3 is 1.89 bits per heavy atom. The third-order valence-corrected chi connectivity index (χ3v) is 5.39. The van der Waals surface area contributed by atoms with E-state index in [9.17, 15) is 5.21 Å². The number of anilines is 1. The molecule has 4 aromatic carbocycles. The van der Waals surface area contributed by atoms with E-state index in [2.05, 4.69) is 18.2 Å². The minimum atomic E-state index is -0.889. The van der Waals surface area contributed by atoms with E-state index in [0.717, 1.165) is 33.2 Å². The van der Waals surface area contributed by atoms with Gasteiger partial charge in [-0.1, -0.05) is 108 Å². The molecule has 1 aliphatic rings. The van der Waals surface area contributed by atoms with Gasteiger partial charge in [-0.3, -0.25) is 0 Å². The van der Waals surface area contributed by atoms with E-state index in [1.54, 1.807) is 0 Å². The summed E-state index contributed by atoms with van der Waals surface area (Å²) in [7, 11) is 0. The van der Waals surface area contributed by atoms with Crippen LogP contribution in [0.1, 0.15) is 16.7 Å². The third kappa shape index (κ3) is 2.31. The third-order valence-electron chi connectivity index (χ3n) is 5.39. The molecule has 2 nitrogen and oxygen atoms in total. The van der Waals surface area contributed by atoms with Gasteiger partial charge in [0.1, 0.15) is 5.54 Å². The number of nitrogens with zero attached hydrogens (tertiary/aromatic N) is 1. The highest BCUT2D eigenvalue weighted by molar-refractivity contribution is 5.99. The van der Waals surface area contributed by atoms with Crippen LogP contribution in [-0.2, 0) is 10.7 Å². The normalized spacial score (nSPS) is 14.9. The van der Waals surface area contributed by atoms with Gasteiger partial charge in [-0.05, 0) is 22.6 Å². The van der Waals surface area contributed by atoms with Crippen LogP contribution >= 0.6 is 0 Å². The van der Waals surface area contributed by atoms with Gasteiger partial charge in [0.2, 0.25) is 0 Å². The molecule has 1 heterocycles. The van der Waals surface area contributed by atoms with Gasteiger partial charge in [-0.2, -0.15) is 0 Å². The van der Waals surface area contributed by atoms with Gasteiger partial charge in [0.15, 0.2) is 0 Å². The van der Waals surface area contributed by atoms with Crippen molar-refractivity contribution < 1.29 is 5.21 Å². The van der Waals surface area contributed by atoms with Crippen LogP contribution in [0.2, 0.25) is 0 Å². The van der Waals surface area contributed by atoms with Gasteiger partial charge >= 0.3 is 0 Å². The van der Waals surface area contributed by atoms with Gasteiger partial charge in [-0.15, -0.1) is 0 Å². The molecule has 0 spiro atoms. The lowest BCUT2D eigenvalue weighted by Crippen LogP contribution is -2.44. The quantitative estimate of drug-likeness (QED) is 0.438. The highest BCUT2D eigenvalue weighted by Crippen LogP contribution is 2.47. The molecule has 0 aliphatic carbocycles. The van der Waals surface area contributed by atoms with Crippen LogP contribution in [0.25, 0.3) is 16.8 Å². The van der Waals surface area contributed by atoms with Crippen molar-refractivity contribution in [1.82, 2.24) is 0 Å². The Bertz CT molecular complexity index is 1090. The first-order valence-corrected chi connectivity index (χ1v) is 9.10. The second-order valence-electron chi connectivity index (χ2n) is 6.85. The van der Waals surface area contributed by atoms with Crippen LogP contribution in [-0.4, -0.2) is 0 Å². The summed E-state index contributed by atoms with van der Waals surface area (Å²) in [6, 6.07) is 32.2. The molecule has 1 aliphatic heterocycles. The first-order valence-electron chi connectivity index (χ1n) is 9.10. The van der Waals surface area contributed by atoms with Crippen molar-refractivity contribution in [3.63, 3.8) is 0 Å². The van der Waals surface area contributed by atoms with Crippen LogP contribution in [0, 0.1) is 0 Å². The Labute approximate surface area is 158 Å². The smallest absolute Gasteiger partial charge is 0.139 e. The fourth-order valence-electron chi connectivity index (χ4n) is 4.07. The van der Waals surface area contributed by atoms with Crippen LogP contribution in [0.3, 0.4) is 0 Å². The molecule has 27 heavy (non-hydrogen) atoms. The summed E-state index contributed by atoms with van der Waals surface area (Å²) in [5.41, 5.74) is 2.70. The van der Waals surface area contributed by atoms with E-state index in [0.29, 0.717) is 0 Å². The zero-order valence-electron chi connectivity index (χ0n) is 14.7. The van der Waals surface area contributed by atoms with E-state index in [1.165, 1.54) is 5.06 Å². The lowest BCUT2D eigenvalue weighted by molar-refractivity contribution is 0.114. The Hall–Kier alpha value is -3.36. The number of hydroxylamine groups is 1. The molecule has 0 atom stereocenters. The van der Waals surface area contributed by atoms with Gasteiger partial charge < -0.3 is 0 Å². The summed E-state index contributed by atoms with van der Waals surface area (Å²) in [5, 5.41) is 17.3. The van der Waals surface area contributed by atoms with E-state index in [4.69, 9.17) is 0 Å². The topological polar surface area (TPSA) is 23.1 Å². The Morgan fingerprint density at radius 2 is 1.22 bits per heavy atom. The lowest BCUT2D eigenvalue weighted by atomic mass is 9.79. The Kier molecular flexibility index (Phi) is 3.59. The van der Waals surface area contributed by atoms with Gasteiger partial charge in [0.05, 0.1) is 5.69 Å². The molecule has 0 bridgehead atoms. The van der Waals surface area contributed by atoms with Gasteiger partial charge in [0, 0.05) is 10.9 Å². The number of hydrogen-bond donors (Lipinski definition) is 0. The number of rotatable bonds is 2. The van der Waals surface area contributed by atoms with E-state index in [1.807, 2.05) is 91.0 Å². The van der Waals surface area contributed by atoms with Crippen molar-refractivity contribution in [3.8, 4) is 0 Å². The Balaban J connectivity index is 1.84. The van der Waals surface area contributed by atoms with Crippen LogP contribution < -0.4 is 5.06 Å². The molecule has 129 valence electrons. The fraction of sp³-hybridized carbons (Fsp3) is 0.0400. The fourth-order valence-corrected chi connectivity index (χ4v) is 4.07. The largest absolute Gasteiger partial charge is 0.200 e. The summed E-state index contributed by atoms with van der Waals surface area (Å²) in [6.45, 7) is 0. The van der Waals surface area contributed by atoms with Crippen LogP contribution in [0.5, 0.6) is 0 Å². The second kappa shape index (κ2) is 6.11. The van der Waals surface area contributed by atoms with Crippen LogP contribution in [0.4, 0.5) is 5.69 Å². The number of benzene rings is 4. The monoisotopic (exact) mass is 348 g/mol. The minimum Gasteiger partial charge on any atom is -0.200 e. The molecular formula is C25H18NO. The molecule has 0 aromatic heterocycles. The van der Waals surface area contributed by atoms with Crippen molar-refractivity contribution in [2.45, 2.75) is 5.54 Å². The van der Waals surface area contributed by atoms with Crippen molar-refractivity contribution >= 4 is 22.5 Å². The molecule has 0 N–H and O–H groups in total. The highest BCUT2D eigenvalue weighted by Gasteiger charge is 2.42. The van der Waals surface area contributed by atoms with Crippen molar-refractivity contribution in [2.75, 3.05) is 5.06 Å². The zero-order valence-corrected chi connectivity index (χ0v) is 14.7. The van der Waals surface area contributed by atoms with E-state index in [-0.39, 0.29) is 0 Å². The average molecular weight is 348 g/mol. The molecule has 0 saturated heterocycles. The van der Waals surface area contributed by atoms with Crippen molar-refractivity contribution in [2.24, 2.45) is 0 Å². The maximum atomic E-state index is 14.0. The minimum absolute atomic E-state index is 0.725. The molecule has 0 fully saturated rings. The molecule has 0 amide bonds. The van der Waals surface area contributed by atoms with Crippen molar-refractivity contribution in [3.05, 3.63) is 120 Å². The molecule has 0 unspecified atom stereocenters. The maximum absolute atomic E-state index is 14.0. The standard InChI is InChI=1S/C25H18NO/c27-26-24-20(16-15-19-9-7-8-14-23(19)24)17-18-25(26,21-10-3-1-4-11-21)22-12-5-2-6-13-22/h1-18H. The zero-order chi connectivity index (χ0) is 18.3. The summed E-state index contributed by atoms with van der Waals surface area (Å²) >= 11 is 0. The van der Waals surface area contributed by atoms with Crippen molar-refractivity contribution in [1.29, 1.82) is 0 Å². The summed E-state index contributed by atoms with van der Waals surface area (Å²) < 4.78 is 0. The summed E-state index contributed by atoms with van der Waals surface area (Å²) in [6.07, 6.45) is 4.11. The lowest BCUT2D eigenvalue weighted by Gasteiger charge is -2.41. The molecular weight excluding hydrogens is 330 g/mol. The number of fused-ring (bicyclic) bond motifs is 3. The first kappa shape index (κ1) is 15.9. The average Bonchev–Trinajstić information content (AvgIpc) is 2.75. The molecule has 0 saturated carbocycles. The Morgan fingerprint density at radius 1 is 0.630 bits per heavy atom. The number of hydrogen-bond acceptors (Lipinski definition) is 1. The van der Waals surface area contributed by atoms with Crippen LogP contribution in [0.15, 0.2) is 103 Å². The molecule has 4 aromatic rings. The summed E-state index contributed by atoms with van der Waals surface area (Å²) in [5.74, 6) is 0. The SMILES string of the molecule is [O]N1c2c(ccc3ccccc23)C=CC1(c1ccccc1)c1ccccc1. The predicted octanol–water partition coefficient (Wildman–Crippen LogP) is 5.96. The maximum Gasteiger partial charge on any atom is 0.139 e. The van der Waals surface area contributed by atoms with Gasteiger partial charge in [0.25, 0.3) is 0 Å². The molecule has 5 rings (SSSR count). The summed E-state index contributed by atoms with van der Waals surface area (Å²) in [4.78, 5) is 0. The predicted molar refractivity (Wildman–Crippen MR) is 110 cm³/mol. The second-order valence-corrected chi connectivity index (χ2v) is 6.85. The van der Waals surface area contributed by atoms with E-state index >= 15 is 0 Å². The highest BCUT2D eigenvalue weighted by atomic mass is 16.5. The molecule has 2 heteroatoms. The molecule has 1 radical (unpaired) electrons. The van der Waals surface area contributed by atoms with E-state index < -0.39 is 5.54 Å². The first-order chi connectivity index (χ1) is 13.3.